The Morgan fingerprint density at radius 3 is 2.50 bits per heavy atom. The lowest BCUT2D eigenvalue weighted by Gasteiger charge is -2.19. The number of benzene rings is 1. The number of hydrogen-bond acceptors (Lipinski definition) is 2. The van der Waals surface area contributed by atoms with Gasteiger partial charge in [-0.1, -0.05) is 6.07 Å². The Balaban J connectivity index is 2.80. The lowest BCUT2D eigenvalue weighted by molar-refractivity contribution is -0.0161. The van der Waals surface area contributed by atoms with E-state index in [1.54, 1.807) is 0 Å². The van der Waals surface area contributed by atoms with E-state index in [9.17, 15) is 9.18 Å². The molecule has 3 nitrogen and oxygen atoms in total. The van der Waals surface area contributed by atoms with Crippen LogP contribution in [0.1, 0.15) is 36.7 Å². The number of ether oxygens (including phenoxy) is 1. The molecule has 1 aromatic carbocycles. The number of hydrogen-bond donors (Lipinski definition) is 1. The molecule has 0 saturated heterocycles. The van der Waals surface area contributed by atoms with Gasteiger partial charge in [0.05, 0.1) is 17.8 Å². The Hall–Kier alpha value is -1.42. The van der Waals surface area contributed by atoms with Crippen LogP contribution in [0.3, 0.4) is 0 Å². The van der Waals surface area contributed by atoms with Crippen LogP contribution in [0.2, 0.25) is 0 Å². The van der Waals surface area contributed by atoms with Crippen molar-refractivity contribution in [2.75, 3.05) is 0 Å². The fraction of sp³-hybridized carbons (Fsp3) is 0.417. The number of carbonyl (C=O) groups is 1. The number of carboxylic acids is 1. The summed E-state index contributed by atoms with van der Waals surface area (Å²) in [5.74, 6) is -1.69. The topological polar surface area (TPSA) is 46.5 Å². The van der Waals surface area contributed by atoms with Crippen LogP contribution in [0.25, 0.3) is 0 Å². The van der Waals surface area contributed by atoms with Crippen molar-refractivity contribution in [2.45, 2.75) is 33.0 Å². The fourth-order valence-corrected chi connectivity index (χ4v) is 1.09. The average Bonchev–Trinajstić information content (AvgIpc) is 2.14. The SMILES string of the molecule is CC(C)(C)OCc1ccc(C(=O)O)cc1F. The van der Waals surface area contributed by atoms with Gasteiger partial charge in [-0.05, 0) is 32.9 Å². The maximum Gasteiger partial charge on any atom is 0.335 e. The Morgan fingerprint density at radius 2 is 2.06 bits per heavy atom. The molecule has 0 unspecified atom stereocenters. The lowest BCUT2D eigenvalue weighted by atomic mass is 10.1. The summed E-state index contributed by atoms with van der Waals surface area (Å²) in [4.78, 5) is 10.6. The maximum atomic E-state index is 13.4. The van der Waals surface area contributed by atoms with E-state index in [1.165, 1.54) is 12.1 Å². The second kappa shape index (κ2) is 4.61. The van der Waals surface area contributed by atoms with Crippen molar-refractivity contribution in [3.05, 3.63) is 35.1 Å². The third kappa shape index (κ3) is 3.62. The monoisotopic (exact) mass is 226 g/mol. The van der Waals surface area contributed by atoms with Crippen molar-refractivity contribution in [3.8, 4) is 0 Å². The van der Waals surface area contributed by atoms with E-state index in [-0.39, 0.29) is 17.8 Å². The van der Waals surface area contributed by atoms with Gasteiger partial charge in [0.2, 0.25) is 0 Å². The van der Waals surface area contributed by atoms with Gasteiger partial charge >= 0.3 is 5.97 Å². The van der Waals surface area contributed by atoms with Gasteiger partial charge in [0.25, 0.3) is 0 Å². The van der Waals surface area contributed by atoms with Crippen molar-refractivity contribution in [2.24, 2.45) is 0 Å². The molecular formula is C12H15FO3. The predicted octanol–water partition coefficient (Wildman–Crippen LogP) is 2.84. The van der Waals surface area contributed by atoms with Crippen LogP contribution < -0.4 is 0 Å². The Morgan fingerprint density at radius 1 is 1.44 bits per heavy atom. The molecule has 4 heteroatoms. The van der Waals surface area contributed by atoms with E-state index < -0.39 is 11.8 Å². The van der Waals surface area contributed by atoms with Gasteiger partial charge < -0.3 is 9.84 Å². The minimum Gasteiger partial charge on any atom is -0.478 e. The molecule has 0 spiro atoms. The first kappa shape index (κ1) is 12.6. The minimum atomic E-state index is -1.14. The smallest absolute Gasteiger partial charge is 0.335 e. The van der Waals surface area contributed by atoms with Gasteiger partial charge in [0.1, 0.15) is 5.82 Å². The molecule has 16 heavy (non-hydrogen) atoms. The Bertz CT molecular complexity index is 394. The van der Waals surface area contributed by atoms with Gasteiger partial charge in [-0.15, -0.1) is 0 Å². The van der Waals surface area contributed by atoms with E-state index in [0.717, 1.165) is 6.07 Å². The first-order valence-corrected chi connectivity index (χ1v) is 4.95. The zero-order valence-electron chi connectivity index (χ0n) is 9.58. The van der Waals surface area contributed by atoms with Crippen LogP contribution in [0.4, 0.5) is 4.39 Å². The summed E-state index contributed by atoms with van der Waals surface area (Å²) in [6.45, 7) is 5.75. The molecule has 0 aliphatic rings. The molecule has 1 N–H and O–H groups in total. The normalized spacial score (nSPS) is 11.5. The van der Waals surface area contributed by atoms with Gasteiger partial charge in [-0.3, -0.25) is 0 Å². The summed E-state index contributed by atoms with van der Waals surface area (Å²) >= 11 is 0. The van der Waals surface area contributed by atoms with Crippen molar-refractivity contribution in [1.82, 2.24) is 0 Å². The summed E-state index contributed by atoms with van der Waals surface area (Å²) in [6.07, 6.45) is 0. The summed E-state index contributed by atoms with van der Waals surface area (Å²) in [6, 6.07) is 3.81. The zero-order chi connectivity index (χ0) is 12.3. The Labute approximate surface area is 93.9 Å². The van der Waals surface area contributed by atoms with E-state index >= 15 is 0 Å². The molecule has 0 bridgehead atoms. The first-order valence-electron chi connectivity index (χ1n) is 4.95. The van der Waals surface area contributed by atoms with Crippen LogP contribution in [-0.4, -0.2) is 16.7 Å². The number of aromatic carboxylic acids is 1. The highest BCUT2D eigenvalue weighted by Gasteiger charge is 2.13. The zero-order valence-corrected chi connectivity index (χ0v) is 9.58. The van der Waals surface area contributed by atoms with Crippen molar-refractivity contribution in [3.63, 3.8) is 0 Å². The molecule has 0 radical (unpaired) electrons. The van der Waals surface area contributed by atoms with E-state index in [4.69, 9.17) is 9.84 Å². The summed E-state index contributed by atoms with van der Waals surface area (Å²) in [5.41, 5.74) is -0.0466. The highest BCUT2D eigenvalue weighted by atomic mass is 19.1. The largest absolute Gasteiger partial charge is 0.478 e. The number of carboxylic acid groups (broad SMARTS) is 1. The molecule has 1 aromatic rings. The quantitative estimate of drug-likeness (QED) is 0.862. The molecule has 0 saturated carbocycles. The second-order valence-electron chi connectivity index (χ2n) is 4.51. The third-order valence-electron chi connectivity index (χ3n) is 1.96. The molecule has 88 valence electrons. The first-order chi connectivity index (χ1) is 7.29. The fourth-order valence-electron chi connectivity index (χ4n) is 1.09. The van der Waals surface area contributed by atoms with Crippen molar-refractivity contribution >= 4 is 5.97 Å². The molecule has 0 heterocycles. The highest BCUT2D eigenvalue weighted by Crippen LogP contribution is 2.15. The number of halogens is 1. The standard InChI is InChI=1S/C12H15FO3/c1-12(2,3)16-7-9-5-4-8(11(14)15)6-10(9)13/h4-6H,7H2,1-3H3,(H,14,15). The molecule has 0 aliphatic heterocycles. The van der Waals surface area contributed by atoms with Crippen LogP contribution in [0, 0.1) is 5.82 Å². The summed E-state index contributed by atoms with van der Waals surface area (Å²) in [5, 5.41) is 8.66. The minimum absolute atomic E-state index is 0.0583. The molecule has 1 rings (SSSR count). The van der Waals surface area contributed by atoms with Gasteiger partial charge in [-0.2, -0.15) is 0 Å². The lowest BCUT2D eigenvalue weighted by Crippen LogP contribution is -2.19. The van der Waals surface area contributed by atoms with Gasteiger partial charge in [-0.25, -0.2) is 9.18 Å². The van der Waals surface area contributed by atoms with Gasteiger partial charge in [0.15, 0.2) is 0 Å². The second-order valence-corrected chi connectivity index (χ2v) is 4.51. The highest BCUT2D eigenvalue weighted by molar-refractivity contribution is 5.87. The van der Waals surface area contributed by atoms with Crippen LogP contribution >= 0.6 is 0 Å². The molecule has 0 fully saturated rings. The van der Waals surface area contributed by atoms with E-state index in [0.29, 0.717) is 5.56 Å². The van der Waals surface area contributed by atoms with Gasteiger partial charge in [0, 0.05) is 5.56 Å². The van der Waals surface area contributed by atoms with Crippen LogP contribution in [0.5, 0.6) is 0 Å². The third-order valence-corrected chi connectivity index (χ3v) is 1.96. The Kier molecular flexibility index (Phi) is 3.65. The molecule has 0 aromatic heterocycles. The predicted molar refractivity (Wildman–Crippen MR) is 57.9 cm³/mol. The summed E-state index contributed by atoms with van der Waals surface area (Å²) in [7, 11) is 0. The van der Waals surface area contributed by atoms with E-state index in [2.05, 4.69) is 0 Å². The van der Waals surface area contributed by atoms with E-state index in [1.807, 2.05) is 20.8 Å². The average molecular weight is 226 g/mol. The number of rotatable bonds is 3. The molecule has 0 amide bonds. The molecule has 0 atom stereocenters. The molecule has 0 aliphatic carbocycles. The molecular weight excluding hydrogens is 211 g/mol. The maximum absolute atomic E-state index is 13.4. The van der Waals surface area contributed by atoms with Crippen molar-refractivity contribution in [1.29, 1.82) is 0 Å². The van der Waals surface area contributed by atoms with Crippen LogP contribution in [0.15, 0.2) is 18.2 Å². The van der Waals surface area contributed by atoms with Crippen molar-refractivity contribution < 1.29 is 19.0 Å². The van der Waals surface area contributed by atoms with Crippen LogP contribution in [-0.2, 0) is 11.3 Å². The summed E-state index contributed by atoms with van der Waals surface area (Å²) < 4.78 is 18.9.